The number of hydrogen-bond acceptors (Lipinski definition) is 4. The fraction of sp³-hybridized carbons (Fsp3) is 1.00. The van der Waals surface area contributed by atoms with Gasteiger partial charge in [-0.25, -0.2) is 0 Å². The van der Waals surface area contributed by atoms with E-state index in [0.717, 1.165) is 45.7 Å². The minimum absolute atomic E-state index is 0.0159. The molecule has 0 unspecified atom stereocenters. The molecule has 2 aliphatic rings. The van der Waals surface area contributed by atoms with Gasteiger partial charge in [-0.3, -0.25) is 4.90 Å². The van der Waals surface area contributed by atoms with Gasteiger partial charge in [-0.05, 0) is 20.3 Å². The van der Waals surface area contributed by atoms with E-state index in [0.29, 0.717) is 12.2 Å². The SMILES string of the molecule is C[C@@H]1CN(CCC2OCCCO2)C[C@H](C)O1. The van der Waals surface area contributed by atoms with Crippen molar-refractivity contribution in [3.8, 4) is 0 Å². The van der Waals surface area contributed by atoms with Gasteiger partial charge in [-0.1, -0.05) is 0 Å². The van der Waals surface area contributed by atoms with Gasteiger partial charge in [0.1, 0.15) is 0 Å². The summed E-state index contributed by atoms with van der Waals surface area (Å²) in [5.74, 6) is 0. The summed E-state index contributed by atoms with van der Waals surface area (Å²) in [6.07, 6.45) is 2.71. The zero-order valence-electron chi connectivity index (χ0n) is 10.4. The van der Waals surface area contributed by atoms with Gasteiger partial charge >= 0.3 is 0 Å². The first kappa shape index (κ1) is 12.3. The minimum Gasteiger partial charge on any atom is -0.373 e. The van der Waals surface area contributed by atoms with Crippen LogP contribution in [0, 0.1) is 0 Å². The molecule has 0 radical (unpaired) electrons. The Hall–Kier alpha value is -0.160. The molecule has 0 amide bonds. The Bertz CT molecular complexity index is 196. The third kappa shape index (κ3) is 3.70. The minimum atomic E-state index is 0.0159. The second kappa shape index (κ2) is 5.96. The second-order valence-corrected chi connectivity index (χ2v) is 4.83. The molecule has 0 spiro atoms. The highest BCUT2D eigenvalue weighted by molar-refractivity contribution is 4.73. The van der Waals surface area contributed by atoms with Crippen molar-refractivity contribution in [2.45, 2.75) is 45.2 Å². The molecular weight excluding hydrogens is 206 g/mol. The number of rotatable bonds is 3. The highest BCUT2D eigenvalue weighted by Gasteiger charge is 2.23. The van der Waals surface area contributed by atoms with Gasteiger partial charge in [0, 0.05) is 26.1 Å². The van der Waals surface area contributed by atoms with Crippen molar-refractivity contribution in [2.24, 2.45) is 0 Å². The molecule has 4 heteroatoms. The van der Waals surface area contributed by atoms with E-state index in [4.69, 9.17) is 14.2 Å². The molecule has 0 N–H and O–H groups in total. The largest absolute Gasteiger partial charge is 0.373 e. The van der Waals surface area contributed by atoms with Crippen molar-refractivity contribution in [3.63, 3.8) is 0 Å². The van der Waals surface area contributed by atoms with Crippen LogP contribution >= 0.6 is 0 Å². The maximum absolute atomic E-state index is 5.70. The summed E-state index contributed by atoms with van der Waals surface area (Å²) in [5, 5.41) is 0. The Balaban J connectivity index is 1.68. The summed E-state index contributed by atoms with van der Waals surface area (Å²) in [7, 11) is 0. The number of ether oxygens (including phenoxy) is 3. The molecule has 0 bridgehead atoms. The third-order valence-electron chi connectivity index (χ3n) is 3.07. The molecule has 0 aliphatic carbocycles. The molecule has 2 fully saturated rings. The second-order valence-electron chi connectivity index (χ2n) is 4.83. The lowest BCUT2D eigenvalue weighted by molar-refractivity contribution is -0.184. The normalized spacial score (nSPS) is 34.1. The molecule has 0 aromatic rings. The van der Waals surface area contributed by atoms with Gasteiger partial charge in [0.2, 0.25) is 0 Å². The van der Waals surface area contributed by atoms with Gasteiger partial charge in [-0.15, -0.1) is 0 Å². The standard InChI is InChI=1S/C12H23NO3/c1-10-8-13(9-11(2)16-10)5-4-12-14-6-3-7-15-12/h10-12H,3-9H2,1-2H3/t10-,11+. The lowest BCUT2D eigenvalue weighted by Crippen LogP contribution is -2.46. The van der Waals surface area contributed by atoms with Crippen molar-refractivity contribution in [1.29, 1.82) is 0 Å². The quantitative estimate of drug-likeness (QED) is 0.729. The molecule has 4 nitrogen and oxygen atoms in total. The van der Waals surface area contributed by atoms with Gasteiger partial charge in [0.15, 0.2) is 6.29 Å². The maximum atomic E-state index is 5.70. The number of nitrogens with zero attached hydrogens (tertiary/aromatic N) is 1. The smallest absolute Gasteiger partial charge is 0.158 e. The van der Waals surface area contributed by atoms with E-state index in [-0.39, 0.29) is 6.29 Å². The Morgan fingerprint density at radius 1 is 1.06 bits per heavy atom. The van der Waals surface area contributed by atoms with Crippen LogP contribution in [0.1, 0.15) is 26.7 Å². The van der Waals surface area contributed by atoms with Crippen LogP contribution in [0.5, 0.6) is 0 Å². The summed E-state index contributed by atoms with van der Waals surface area (Å²) in [5.41, 5.74) is 0. The fourth-order valence-electron chi connectivity index (χ4n) is 2.46. The first-order valence-corrected chi connectivity index (χ1v) is 6.35. The molecule has 2 atom stereocenters. The van der Waals surface area contributed by atoms with Crippen LogP contribution < -0.4 is 0 Å². The molecule has 2 saturated heterocycles. The van der Waals surface area contributed by atoms with Gasteiger partial charge in [0.25, 0.3) is 0 Å². The zero-order valence-corrected chi connectivity index (χ0v) is 10.4. The Morgan fingerprint density at radius 2 is 1.69 bits per heavy atom. The predicted molar refractivity (Wildman–Crippen MR) is 61.4 cm³/mol. The summed E-state index contributed by atoms with van der Waals surface area (Å²) in [6, 6.07) is 0. The van der Waals surface area contributed by atoms with E-state index in [1.165, 1.54) is 0 Å². The number of morpholine rings is 1. The summed E-state index contributed by atoms with van der Waals surface area (Å²) >= 11 is 0. The average molecular weight is 229 g/mol. The Kier molecular flexibility index (Phi) is 4.58. The van der Waals surface area contributed by atoms with Crippen LogP contribution in [0.15, 0.2) is 0 Å². The van der Waals surface area contributed by atoms with Crippen molar-refractivity contribution >= 4 is 0 Å². The fourth-order valence-corrected chi connectivity index (χ4v) is 2.46. The molecule has 2 aliphatic heterocycles. The van der Waals surface area contributed by atoms with E-state index in [2.05, 4.69) is 18.7 Å². The highest BCUT2D eigenvalue weighted by atomic mass is 16.7. The molecule has 16 heavy (non-hydrogen) atoms. The molecule has 0 aromatic heterocycles. The van der Waals surface area contributed by atoms with E-state index in [1.54, 1.807) is 0 Å². The van der Waals surface area contributed by atoms with Gasteiger partial charge < -0.3 is 14.2 Å². The third-order valence-corrected chi connectivity index (χ3v) is 3.07. The summed E-state index contributed by atoms with van der Waals surface area (Å²) in [6.45, 7) is 9.06. The van der Waals surface area contributed by atoms with Gasteiger partial charge in [-0.2, -0.15) is 0 Å². The molecule has 0 saturated carbocycles. The molecular formula is C12H23NO3. The van der Waals surface area contributed by atoms with Crippen molar-refractivity contribution in [2.75, 3.05) is 32.8 Å². The molecule has 2 rings (SSSR count). The molecule has 2 heterocycles. The van der Waals surface area contributed by atoms with E-state index in [9.17, 15) is 0 Å². The van der Waals surface area contributed by atoms with Crippen LogP contribution in [0.4, 0.5) is 0 Å². The summed E-state index contributed by atoms with van der Waals surface area (Å²) < 4.78 is 16.8. The van der Waals surface area contributed by atoms with Crippen molar-refractivity contribution < 1.29 is 14.2 Å². The van der Waals surface area contributed by atoms with E-state index < -0.39 is 0 Å². The number of hydrogen-bond donors (Lipinski definition) is 0. The maximum Gasteiger partial charge on any atom is 0.158 e. The Labute approximate surface area is 97.8 Å². The van der Waals surface area contributed by atoms with E-state index in [1.807, 2.05) is 0 Å². The molecule has 0 aromatic carbocycles. The average Bonchev–Trinajstić information content (AvgIpc) is 2.27. The topological polar surface area (TPSA) is 30.9 Å². The van der Waals surface area contributed by atoms with Crippen LogP contribution in [-0.2, 0) is 14.2 Å². The van der Waals surface area contributed by atoms with Crippen molar-refractivity contribution in [1.82, 2.24) is 4.90 Å². The highest BCUT2D eigenvalue weighted by Crippen LogP contribution is 2.14. The van der Waals surface area contributed by atoms with Crippen LogP contribution in [0.25, 0.3) is 0 Å². The Morgan fingerprint density at radius 3 is 2.31 bits per heavy atom. The lowest BCUT2D eigenvalue weighted by atomic mass is 10.2. The van der Waals surface area contributed by atoms with Crippen molar-refractivity contribution in [3.05, 3.63) is 0 Å². The van der Waals surface area contributed by atoms with Crippen LogP contribution in [-0.4, -0.2) is 56.2 Å². The van der Waals surface area contributed by atoms with Gasteiger partial charge in [0.05, 0.1) is 25.4 Å². The van der Waals surface area contributed by atoms with Crippen LogP contribution in [0.2, 0.25) is 0 Å². The van der Waals surface area contributed by atoms with E-state index >= 15 is 0 Å². The zero-order chi connectivity index (χ0) is 11.4. The first-order chi connectivity index (χ1) is 7.74. The molecule has 94 valence electrons. The monoisotopic (exact) mass is 229 g/mol. The predicted octanol–water partition coefficient (Wildman–Crippen LogP) is 1.25. The lowest BCUT2D eigenvalue weighted by Gasteiger charge is -2.36. The van der Waals surface area contributed by atoms with Crippen LogP contribution in [0.3, 0.4) is 0 Å². The summed E-state index contributed by atoms with van der Waals surface area (Å²) in [4.78, 5) is 2.44. The first-order valence-electron chi connectivity index (χ1n) is 6.35.